The van der Waals surface area contributed by atoms with Crippen LogP contribution in [0.4, 0.5) is 5.69 Å². The molecular weight excluding hydrogens is 337 g/mol. The van der Waals surface area contributed by atoms with Crippen LogP contribution in [0, 0.1) is 0 Å². The van der Waals surface area contributed by atoms with E-state index in [2.05, 4.69) is 5.32 Å². The summed E-state index contributed by atoms with van der Waals surface area (Å²) in [6, 6.07) is 10.4. The first-order valence-electron chi connectivity index (χ1n) is 6.70. The van der Waals surface area contributed by atoms with Gasteiger partial charge in [-0.2, -0.15) is 0 Å². The fourth-order valence-corrected chi connectivity index (χ4v) is 2.59. The lowest BCUT2D eigenvalue weighted by Gasteiger charge is -2.09. The van der Waals surface area contributed by atoms with Crippen LogP contribution < -0.4 is 14.8 Å². The van der Waals surface area contributed by atoms with Gasteiger partial charge in [0.25, 0.3) is 0 Å². The maximum absolute atomic E-state index is 12.1. The van der Waals surface area contributed by atoms with Gasteiger partial charge >= 0.3 is 0 Å². The van der Waals surface area contributed by atoms with Crippen molar-refractivity contribution in [2.75, 3.05) is 19.5 Å². The predicted octanol–water partition coefficient (Wildman–Crippen LogP) is 4.66. The second-order valence-electron chi connectivity index (χ2n) is 4.53. The van der Waals surface area contributed by atoms with Gasteiger partial charge in [0, 0.05) is 16.7 Å². The van der Waals surface area contributed by atoms with Crippen molar-refractivity contribution in [1.29, 1.82) is 0 Å². The Bertz CT molecular complexity index is 745. The first-order valence-corrected chi connectivity index (χ1v) is 7.46. The molecule has 2 aromatic rings. The van der Waals surface area contributed by atoms with Crippen LogP contribution in [0.25, 0.3) is 6.08 Å². The van der Waals surface area contributed by atoms with E-state index in [1.165, 1.54) is 13.2 Å². The maximum atomic E-state index is 12.1. The standard InChI is InChI=1S/C17H15Cl2NO3/c1-22-15-6-4-3-5-14(15)20-16(21)8-7-11-9-12(18)10-13(19)17(11)23-2/h3-10H,1-2H3,(H,20,21)/b8-7-. The number of carbonyl (C=O) groups is 1. The Hall–Kier alpha value is -2.17. The molecule has 23 heavy (non-hydrogen) atoms. The van der Waals surface area contributed by atoms with Crippen molar-refractivity contribution in [1.82, 2.24) is 0 Å². The van der Waals surface area contributed by atoms with E-state index in [0.29, 0.717) is 32.8 Å². The molecular formula is C17H15Cl2NO3. The Balaban J connectivity index is 2.19. The number of amides is 1. The number of methoxy groups -OCH3 is 2. The number of carbonyl (C=O) groups excluding carboxylic acids is 1. The van der Waals surface area contributed by atoms with Crippen LogP contribution in [-0.4, -0.2) is 20.1 Å². The summed E-state index contributed by atoms with van der Waals surface area (Å²) in [6.45, 7) is 0. The normalized spacial score (nSPS) is 10.6. The van der Waals surface area contributed by atoms with Gasteiger partial charge in [0.05, 0.1) is 24.9 Å². The van der Waals surface area contributed by atoms with Crippen LogP contribution in [0.5, 0.6) is 11.5 Å². The van der Waals surface area contributed by atoms with Crippen molar-refractivity contribution < 1.29 is 14.3 Å². The highest BCUT2D eigenvalue weighted by molar-refractivity contribution is 6.36. The average molecular weight is 352 g/mol. The second-order valence-corrected chi connectivity index (χ2v) is 5.38. The predicted molar refractivity (Wildman–Crippen MR) is 93.7 cm³/mol. The van der Waals surface area contributed by atoms with Crippen LogP contribution in [0.2, 0.25) is 10.0 Å². The highest BCUT2D eigenvalue weighted by atomic mass is 35.5. The summed E-state index contributed by atoms with van der Waals surface area (Å²) in [5.74, 6) is 0.725. The zero-order valence-corrected chi connectivity index (χ0v) is 14.1. The van der Waals surface area contributed by atoms with Gasteiger partial charge in [-0.1, -0.05) is 35.3 Å². The number of halogens is 2. The molecule has 0 radical (unpaired) electrons. The number of hydrogen-bond acceptors (Lipinski definition) is 3. The van der Waals surface area contributed by atoms with Crippen LogP contribution in [0.15, 0.2) is 42.5 Å². The monoisotopic (exact) mass is 351 g/mol. The highest BCUT2D eigenvalue weighted by Gasteiger charge is 2.09. The van der Waals surface area contributed by atoms with Crippen molar-refractivity contribution >= 4 is 40.9 Å². The quantitative estimate of drug-likeness (QED) is 0.796. The number of rotatable bonds is 5. The Labute approximate surface area is 144 Å². The molecule has 0 spiro atoms. The van der Waals surface area contributed by atoms with Crippen LogP contribution in [0.3, 0.4) is 0 Å². The number of benzene rings is 2. The summed E-state index contributed by atoms with van der Waals surface area (Å²) in [5.41, 5.74) is 1.20. The number of anilines is 1. The summed E-state index contributed by atoms with van der Waals surface area (Å²) in [4.78, 5) is 12.1. The second kappa shape index (κ2) is 7.90. The molecule has 0 atom stereocenters. The van der Waals surface area contributed by atoms with Crippen LogP contribution in [-0.2, 0) is 4.79 Å². The third-order valence-corrected chi connectivity index (χ3v) is 3.52. The minimum absolute atomic E-state index is 0.312. The zero-order valence-electron chi connectivity index (χ0n) is 12.6. The average Bonchev–Trinajstić information content (AvgIpc) is 2.53. The van der Waals surface area contributed by atoms with E-state index in [1.54, 1.807) is 37.5 Å². The molecule has 4 nitrogen and oxygen atoms in total. The minimum atomic E-state index is -0.312. The Morgan fingerprint density at radius 2 is 1.87 bits per heavy atom. The summed E-state index contributed by atoms with van der Waals surface area (Å²) in [6.07, 6.45) is 2.96. The van der Waals surface area contributed by atoms with Crippen LogP contribution >= 0.6 is 23.2 Å². The topological polar surface area (TPSA) is 47.6 Å². The molecule has 2 aromatic carbocycles. The molecule has 2 rings (SSSR count). The van der Waals surface area contributed by atoms with E-state index in [4.69, 9.17) is 32.7 Å². The summed E-state index contributed by atoms with van der Waals surface area (Å²) < 4.78 is 10.4. The van der Waals surface area contributed by atoms with E-state index in [-0.39, 0.29) is 5.91 Å². The molecule has 0 unspecified atom stereocenters. The molecule has 120 valence electrons. The van der Waals surface area contributed by atoms with Crippen LogP contribution in [0.1, 0.15) is 5.56 Å². The summed E-state index contributed by atoms with van der Waals surface area (Å²) in [5, 5.41) is 3.58. The lowest BCUT2D eigenvalue weighted by Crippen LogP contribution is -2.08. The van der Waals surface area contributed by atoms with Crippen molar-refractivity contribution in [2.45, 2.75) is 0 Å². The van der Waals surface area contributed by atoms with E-state index in [0.717, 1.165) is 0 Å². The van der Waals surface area contributed by atoms with Crippen molar-refractivity contribution in [3.05, 3.63) is 58.1 Å². The molecule has 6 heteroatoms. The Kier molecular flexibility index (Phi) is 5.90. The van der Waals surface area contributed by atoms with E-state index in [1.807, 2.05) is 12.1 Å². The number of para-hydroxylation sites is 2. The van der Waals surface area contributed by atoms with Crippen molar-refractivity contribution in [3.8, 4) is 11.5 Å². The van der Waals surface area contributed by atoms with Gasteiger partial charge in [0.2, 0.25) is 5.91 Å². The molecule has 1 amide bonds. The molecule has 0 saturated carbocycles. The number of hydrogen-bond donors (Lipinski definition) is 1. The first-order chi connectivity index (χ1) is 11.0. The third kappa shape index (κ3) is 4.41. The third-order valence-electron chi connectivity index (χ3n) is 3.02. The van der Waals surface area contributed by atoms with Gasteiger partial charge in [-0.25, -0.2) is 0 Å². The molecule has 0 bridgehead atoms. The molecule has 0 aliphatic carbocycles. The summed E-state index contributed by atoms with van der Waals surface area (Å²) >= 11 is 12.0. The lowest BCUT2D eigenvalue weighted by atomic mass is 10.2. The molecule has 1 N–H and O–H groups in total. The first kappa shape index (κ1) is 17.2. The molecule has 0 aliphatic rings. The van der Waals surface area contributed by atoms with E-state index in [9.17, 15) is 4.79 Å². The maximum Gasteiger partial charge on any atom is 0.248 e. The highest BCUT2D eigenvalue weighted by Crippen LogP contribution is 2.33. The van der Waals surface area contributed by atoms with Gasteiger partial charge in [-0.05, 0) is 30.3 Å². The van der Waals surface area contributed by atoms with Crippen molar-refractivity contribution in [2.24, 2.45) is 0 Å². The zero-order chi connectivity index (χ0) is 16.8. The van der Waals surface area contributed by atoms with Gasteiger partial charge in [0.15, 0.2) is 0 Å². The molecule has 0 fully saturated rings. The van der Waals surface area contributed by atoms with Gasteiger partial charge in [-0.15, -0.1) is 0 Å². The fraction of sp³-hybridized carbons (Fsp3) is 0.118. The molecule has 0 heterocycles. The van der Waals surface area contributed by atoms with Gasteiger partial charge in [-0.3, -0.25) is 4.79 Å². The summed E-state index contributed by atoms with van der Waals surface area (Å²) in [7, 11) is 3.04. The van der Waals surface area contributed by atoms with Crippen molar-refractivity contribution in [3.63, 3.8) is 0 Å². The van der Waals surface area contributed by atoms with Gasteiger partial charge in [0.1, 0.15) is 11.5 Å². The number of ether oxygens (including phenoxy) is 2. The number of nitrogens with one attached hydrogen (secondary N) is 1. The largest absolute Gasteiger partial charge is 0.495 e. The SMILES string of the molecule is COc1ccccc1NC(=O)/C=C\c1cc(Cl)cc(Cl)c1OC. The lowest BCUT2D eigenvalue weighted by molar-refractivity contribution is -0.111. The smallest absolute Gasteiger partial charge is 0.248 e. The fourth-order valence-electron chi connectivity index (χ4n) is 2.01. The Morgan fingerprint density at radius 1 is 1.13 bits per heavy atom. The Morgan fingerprint density at radius 3 is 2.57 bits per heavy atom. The molecule has 0 aromatic heterocycles. The van der Waals surface area contributed by atoms with E-state index < -0.39 is 0 Å². The molecule has 0 aliphatic heterocycles. The molecule has 0 saturated heterocycles. The van der Waals surface area contributed by atoms with Gasteiger partial charge < -0.3 is 14.8 Å². The van der Waals surface area contributed by atoms with E-state index >= 15 is 0 Å². The minimum Gasteiger partial charge on any atom is -0.495 e.